The molecule has 0 saturated carbocycles. The van der Waals surface area contributed by atoms with E-state index in [1.165, 1.54) is 12.1 Å². The molecule has 1 aromatic carbocycles. The number of hydrogen-bond donors (Lipinski definition) is 2. The number of aliphatic hydroxyl groups excluding tert-OH is 1. The highest BCUT2D eigenvalue weighted by Gasteiger charge is 2.06. The van der Waals surface area contributed by atoms with Gasteiger partial charge in [0.2, 0.25) is 0 Å². The number of nitrogens with zero attached hydrogens (tertiary/aromatic N) is 3. The van der Waals surface area contributed by atoms with Crippen molar-refractivity contribution < 1.29 is 9.50 Å². The second-order valence-corrected chi connectivity index (χ2v) is 4.81. The Balaban J connectivity index is 1.79. The summed E-state index contributed by atoms with van der Waals surface area (Å²) in [5.74, 6) is -0.213. The highest BCUT2D eigenvalue weighted by atomic mass is 19.1. The number of halogens is 1. The van der Waals surface area contributed by atoms with E-state index in [-0.39, 0.29) is 18.5 Å². The molecule has 0 spiro atoms. The first-order chi connectivity index (χ1) is 9.67. The van der Waals surface area contributed by atoms with Gasteiger partial charge < -0.3 is 10.4 Å². The molecule has 0 fully saturated rings. The van der Waals surface area contributed by atoms with Crippen LogP contribution in [0.4, 0.5) is 4.39 Å². The van der Waals surface area contributed by atoms with E-state index in [9.17, 15) is 4.39 Å². The van der Waals surface area contributed by atoms with Crippen molar-refractivity contribution in [3.63, 3.8) is 0 Å². The van der Waals surface area contributed by atoms with Crippen LogP contribution in [-0.4, -0.2) is 32.7 Å². The molecule has 0 aliphatic carbocycles. The first kappa shape index (κ1) is 14.6. The fourth-order valence-electron chi connectivity index (χ4n) is 1.96. The van der Waals surface area contributed by atoms with Gasteiger partial charge in [0.05, 0.1) is 18.8 Å². The van der Waals surface area contributed by atoms with Crippen molar-refractivity contribution in [1.29, 1.82) is 0 Å². The molecule has 108 valence electrons. The molecule has 20 heavy (non-hydrogen) atoms. The first-order valence-corrected chi connectivity index (χ1v) is 6.65. The van der Waals surface area contributed by atoms with Crippen molar-refractivity contribution in [2.75, 3.05) is 6.61 Å². The van der Waals surface area contributed by atoms with Crippen LogP contribution in [0.2, 0.25) is 0 Å². The number of benzene rings is 1. The summed E-state index contributed by atoms with van der Waals surface area (Å²) in [7, 11) is 0. The van der Waals surface area contributed by atoms with Crippen LogP contribution in [-0.2, 0) is 19.5 Å². The monoisotopic (exact) mass is 278 g/mol. The molecule has 6 heteroatoms. The molecule has 0 saturated heterocycles. The predicted molar refractivity (Wildman–Crippen MR) is 73.5 cm³/mol. The highest BCUT2D eigenvalue weighted by molar-refractivity contribution is 5.17. The summed E-state index contributed by atoms with van der Waals surface area (Å²) < 4.78 is 14.4. The third kappa shape index (κ3) is 4.40. The minimum absolute atomic E-state index is 0.0528. The molecule has 1 unspecified atom stereocenters. The van der Waals surface area contributed by atoms with E-state index in [1.807, 2.05) is 6.20 Å². The summed E-state index contributed by atoms with van der Waals surface area (Å²) in [6.07, 6.45) is 2.64. The lowest BCUT2D eigenvalue weighted by Gasteiger charge is -2.12. The van der Waals surface area contributed by atoms with Gasteiger partial charge in [0.25, 0.3) is 0 Å². The average Bonchev–Trinajstić information content (AvgIpc) is 2.87. The smallest absolute Gasteiger partial charge is 0.123 e. The van der Waals surface area contributed by atoms with Crippen molar-refractivity contribution in [2.24, 2.45) is 0 Å². The summed E-state index contributed by atoms with van der Waals surface area (Å²) in [6, 6.07) is 6.80. The summed E-state index contributed by atoms with van der Waals surface area (Å²) in [4.78, 5) is 0. The molecule has 0 radical (unpaired) electrons. The molecule has 2 N–H and O–H groups in total. The second-order valence-electron chi connectivity index (χ2n) is 4.81. The minimum Gasteiger partial charge on any atom is -0.394 e. The molecule has 1 aromatic heterocycles. The summed E-state index contributed by atoms with van der Waals surface area (Å²) in [5, 5.41) is 20.1. The summed E-state index contributed by atoms with van der Waals surface area (Å²) in [5.41, 5.74) is 1.93. The molecule has 2 aromatic rings. The van der Waals surface area contributed by atoms with Gasteiger partial charge >= 0.3 is 0 Å². The Morgan fingerprint density at radius 1 is 1.35 bits per heavy atom. The lowest BCUT2D eigenvalue weighted by molar-refractivity contribution is 0.268. The topological polar surface area (TPSA) is 63.0 Å². The largest absolute Gasteiger partial charge is 0.394 e. The van der Waals surface area contributed by atoms with Gasteiger partial charge in [0.15, 0.2) is 0 Å². The number of rotatable bonds is 7. The van der Waals surface area contributed by atoms with Gasteiger partial charge in [-0.3, -0.25) is 0 Å². The van der Waals surface area contributed by atoms with Crippen molar-refractivity contribution in [2.45, 2.75) is 32.5 Å². The number of aliphatic hydroxyl groups is 1. The molecule has 0 aliphatic heterocycles. The van der Waals surface area contributed by atoms with Crippen LogP contribution < -0.4 is 5.32 Å². The molecule has 2 rings (SSSR count). The lowest BCUT2D eigenvalue weighted by atomic mass is 10.1. The van der Waals surface area contributed by atoms with Crippen LogP contribution in [0.3, 0.4) is 0 Å². The normalized spacial score (nSPS) is 12.6. The maximum absolute atomic E-state index is 12.8. The molecule has 0 aliphatic rings. The first-order valence-electron chi connectivity index (χ1n) is 6.65. The number of hydrogen-bond acceptors (Lipinski definition) is 4. The Morgan fingerprint density at radius 3 is 2.80 bits per heavy atom. The molecule has 0 bridgehead atoms. The Morgan fingerprint density at radius 2 is 2.10 bits per heavy atom. The van der Waals surface area contributed by atoms with Gasteiger partial charge in [-0.2, -0.15) is 0 Å². The van der Waals surface area contributed by atoms with Crippen LogP contribution in [0.1, 0.15) is 18.2 Å². The van der Waals surface area contributed by atoms with Gasteiger partial charge in [-0.15, -0.1) is 5.10 Å². The fraction of sp³-hybridized carbons (Fsp3) is 0.429. The van der Waals surface area contributed by atoms with Crippen molar-refractivity contribution >= 4 is 0 Å². The van der Waals surface area contributed by atoms with Gasteiger partial charge in [-0.25, -0.2) is 9.07 Å². The van der Waals surface area contributed by atoms with Crippen molar-refractivity contribution in [3.05, 3.63) is 47.5 Å². The van der Waals surface area contributed by atoms with Crippen molar-refractivity contribution in [3.8, 4) is 0 Å². The van der Waals surface area contributed by atoms with E-state index in [0.29, 0.717) is 13.1 Å². The number of aromatic nitrogens is 3. The Bertz CT molecular complexity index is 526. The van der Waals surface area contributed by atoms with E-state index in [1.54, 1.807) is 16.8 Å². The predicted octanol–water partition coefficient (Wildman–Crippen LogP) is 1.13. The van der Waals surface area contributed by atoms with Crippen LogP contribution in [0.25, 0.3) is 0 Å². The third-order valence-electron chi connectivity index (χ3n) is 3.00. The van der Waals surface area contributed by atoms with E-state index in [0.717, 1.165) is 17.7 Å². The Hall–Kier alpha value is -1.79. The van der Waals surface area contributed by atoms with Gasteiger partial charge in [-0.05, 0) is 31.0 Å². The number of nitrogens with one attached hydrogen (secondary N) is 1. The SMILES string of the molecule is CC(Cc1ccc(F)cc1)NCc1cn(CCO)nn1. The average molecular weight is 278 g/mol. The van der Waals surface area contributed by atoms with Crippen LogP contribution >= 0.6 is 0 Å². The third-order valence-corrected chi connectivity index (χ3v) is 3.00. The molecular weight excluding hydrogens is 259 g/mol. The zero-order valence-corrected chi connectivity index (χ0v) is 11.5. The second kappa shape index (κ2) is 7.12. The van der Waals surface area contributed by atoms with E-state index >= 15 is 0 Å². The minimum atomic E-state index is -0.213. The zero-order valence-electron chi connectivity index (χ0n) is 11.5. The summed E-state index contributed by atoms with van der Waals surface area (Å²) >= 11 is 0. The van der Waals surface area contributed by atoms with Crippen LogP contribution in [0.5, 0.6) is 0 Å². The quantitative estimate of drug-likeness (QED) is 0.797. The van der Waals surface area contributed by atoms with Gasteiger partial charge in [0.1, 0.15) is 5.82 Å². The van der Waals surface area contributed by atoms with Crippen LogP contribution in [0.15, 0.2) is 30.5 Å². The molecule has 0 amide bonds. The molecule has 5 nitrogen and oxygen atoms in total. The Kier molecular flexibility index (Phi) is 5.20. The van der Waals surface area contributed by atoms with Gasteiger partial charge in [-0.1, -0.05) is 17.3 Å². The van der Waals surface area contributed by atoms with E-state index in [2.05, 4.69) is 22.6 Å². The van der Waals surface area contributed by atoms with Crippen molar-refractivity contribution in [1.82, 2.24) is 20.3 Å². The van der Waals surface area contributed by atoms with Crippen LogP contribution in [0, 0.1) is 5.82 Å². The zero-order chi connectivity index (χ0) is 14.4. The molecule has 1 heterocycles. The Labute approximate surface area is 117 Å². The summed E-state index contributed by atoms with van der Waals surface area (Å²) in [6.45, 7) is 3.20. The fourth-order valence-corrected chi connectivity index (χ4v) is 1.96. The van der Waals surface area contributed by atoms with E-state index in [4.69, 9.17) is 5.11 Å². The maximum atomic E-state index is 12.8. The molecular formula is C14H19FN4O. The van der Waals surface area contributed by atoms with Gasteiger partial charge in [0, 0.05) is 18.8 Å². The van der Waals surface area contributed by atoms with E-state index < -0.39 is 0 Å². The standard InChI is InChI=1S/C14H19FN4O/c1-11(8-12-2-4-13(15)5-3-12)16-9-14-10-19(6-7-20)18-17-14/h2-5,10-11,16,20H,6-9H2,1H3. The maximum Gasteiger partial charge on any atom is 0.123 e. The highest BCUT2D eigenvalue weighted by Crippen LogP contribution is 2.06. The lowest BCUT2D eigenvalue weighted by Crippen LogP contribution is -2.27. The molecule has 1 atom stereocenters.